The van der Waals surface area contributed by atoms with Crippen LogP contribution in [-0.4, -0.2) is 63.2 Å². The van der Waals surface area contributed by atoms with E-state index in [0.717, 1.165) is 45.2 Å². The van der Waals surface area contributed by atoms with Gasteiger partial charge in [0.1, 0.15) is 5.75 Å². The van der Waals surface area contributed by atoms with E-state index in [9.17, 15) is 4.79 Å². The molecule has 2 aromatic heterocycles. The fraction of sp³-hybridized carbons (Fsp3) is 0.241. The number of hydrogen-bond acceptors (Lipinski definition) is 6. The van der Waals surface area contributed by atoms with E-state index in [1.807, 2.05) is 65.6 Å². The number of rotatable bonds is 4. The number of aromatic nitrogens is 4. The van der Waals surface area contributed by atoms with Crippen LogP contribution in [0.15, 0.2) is 72.8 Å². The van der Waals surface area contributed by atoms with E-state index in [1.165, 1.54) is 0 Å². The standard InChI is InChI=1S/C29H28N6O2/c1-19-8-4-5-9-23(19)26-31-32-27-24-10-6-7-11-25(24)30-29(35(26)27)33-16-17-34(20(2)18-33)28(36)21-12-14-22(37-3)15-13-21/h4-15,20H,16-18H2,1-3H3/t20-/m0/s1. The van der Waals surface area contributed by atoms with Gasteiger partial charge in [-0.25, -0.2) is 9.38 Å². The summed E-state index contributed by atoms with van der Waals surface area (Å²) in [5, 5.41) is 10.2. The van der Waals surface area contributed by atoms with Gasteiger partial charge < -0.3 is 14.5 Å². The Kier molecular flexibility index (Phi) is 5.71. The van der Waals surface area contributed by atoms with Gasteiger partial charge in [-0.3, -0.25) is 4.79 Å². The third kappa shape index (κ3) is 3.94. The second-order valence-corrected chi connectivity index (χ2v) is 9.45. The van der Waals surface area contributed by atoms with Crippen molar-refractivity contribution in [1.29, 1.82) is 0 Å². The Labute approximate surface area is 215 Å². The highest BCUT2D eigenvalue weighted by Gasteiger charge is 2.31. The lowest BCUT2D eigenvalue weighted by molar-refractivity contribution is 0.0673. The van der Waals surface area contributed by atoms with Gasteiger partial charge >= 0.3 is 0 Å². The Hall–Kier alpha value is -4.46. The van der Waals surface area contributed by atoms with Crippen molar-refractivity contribution in [2.45, 2.75) is 19.9 Å². The fourth-order valence-corrected chi connectivity index (χ4v) is 5.12. The number of methoxy groups -OCH3 is 1. The number of aryl methyl sites for hydroxylation is 1. The molecule has 1 aliphatic rings. The lowest BCUT2D eigenvalue weighted by atomic mass is 10.1. The van der Waals surface area contributed by atoms with Crippen molar-refractivity contribution in [3.8, 4) is 17.1 Å². The quantitative estimate of drug-likeness (QED) is 0.365. The summed E-state index contributed by atoms with van der Waals surface area (Å²) in [7, 11) is 1.62. The van der Waals surface area contributed by atoms with Gasteiger partial charge in [-0.1, -0.05) is 36.4 Å². The Morgan fingerprint density at radius 2 is 1.70 bits per heavy atom. The van der Waals surface area contributed by atoms with Crippen LogP contribution in [0.5, 0.6) is 5.75 Å². The normalized spacial score (nSPS) is 15.9. The average Bonchev–Trinajstić information content (AvgIpc) is 3.38. The second kappa shape index (κ2) is 9.20. The second-order valence-electron chi connectivity index (χ2n) is 9.45. The third-order valence-corrected chi connectivity index (χ3v) is 7.12. The predicted octanol–water partition coefficient (Wildman–Crippen LogP) is 4.61. The molecule has 8 nitrogen and oxygen atoms in total. The van der Waals surface area contributed by atoms with Gasteiger partial charge in [-0.2, -0.15) is 0 Å². The molecular formula is C29H28N6O2. The summed E-state index contributed by atoms with van der Waals surface area (Å²) in [5.74, 6) is 2.32. The molecule has 5 aromatic rings. The minimum atomic E-state index is -0.00920. The number of fused-ring (bicyclic) bond motifs is 3. The number of nitrogens with zero attached hydrogens (tertiary/aromatic N) is 6. The Balaban J connectivity index is 1.39. The molecule has 1 atom stereocenters. The van der Waals surface area contributed by atoms with Gasteiger partial charge in [0.05, 0.1) is 12.6 Å². The van der Waals surface area contributed by atoms with Crippen molar-refractivity contribution >= 4 is 28.4 Å². The van der Waals surface area contributed by atoms with Crippen LogP contribution >= 0.6 is 0 Å². The SMILES string of the molecule is COc1ccc(C(=O)N2CCN(c3nc4ccccc4c4nnc(-c5ccccc5C)n34)C[C@@H]2C)cc1. The molecule has 3 heterocycles. The molecule has 6 rings (SSSR count). The lowest BCUT2D eigenvalue weighted by Crippen LogP contribution is -2.54. The van der Waals surface area contributed by atoms with Crippen LogP contribution in [0.2, 0.25) is 0 Å². The van der Waals surface area contributed by atoms with E-state index >= 15 is 0 Å². The third-order valence-electron chi connectivity index (χ3n) is 7.12. The number of para-hydroxylation sites is 1. The molecule has 1 aliphatic heterocycles. The molecule has 1 saturated heterocycles. The monoisotopic (exact) mass is 492 g/mol. The number of carbonyl (C=O) groups is 1. The van der Waals surface area contributed by atoms with Crippen LogP contribution in [0.4, 0.5) is 5.95 Å². The number of carbonyl (C=O) groups excluding carboxylic acids is 1. The molecule has 0 aliphatic carbocycles. The number of benzene rings is 3. The Morgan fingerprint density at radius 3 is 2.46 bits per heavy atom. The summed E-state index contributed by atoms with van der Waals surface area (Å²) in [6.07, 6.45) is 0. The molecule has 0 N–H and O–H groups in total. The van der Waals surface area contributed by atoms with Crippen molar-refractivity contribution in [1.82, 2.24) is 24.5 Å². The number of anilines is 1. The van der Waals surface area contributed by atoms with E-state index in [1.54, 1.807) is 7.11 Å². The minimum Gasteiger partial charge on any atom is -0.497 e. The molecule has 37 heavy (non-hydrogen) atoms. The molecular weight excluding hydrogens is 464 g/mol. The lowest BCUT2D eigenvalue weighted by Gasteiger charge is -2.40. The highest BCUT2D eigenvalue weighted by Crippen LogP contribution is 2.31. The Bertz CT molecular complexity index is 1610. The summed E-state index contributed by atoms with van der Waals surface area (Å²) in [5.41, 5.74) is 4.46. The van der Waals surface area contributed by atoms with Crippen LogP contribution in [0, 0.1) is 6.92 Å². The van der Waals surface area contributed by atoms with Crippen molar-refractivity contribution in [2.24, 2.45) is 0 Å². The first kappa shape index (κ1) is 23.0. The number of amides is 1. The number of ether oxygens (including phenoxy) is 1. The summed E-state index contributed by atoms with van der Waals surface area (Å²) in [6.45, 7) is 6.05. The van der Waals surface area contributed by atoms with Crippen molar-refractivity contribution in [3.05, 3.63) is 83.9 Å². The van der Waals surface area contributed by atoms with Crippen LogP contribution < -0.4 is 9.64 Å². The van der Waals surface area contributed by atoms with E-state index < -0.39 is 0 Å². The molecule has 0 spiro atoms. The van der Waals surface area contributed by atoms with E-state index in [-0.39, 0.29) is 11.9 Å². The molecule has 0 radical (unpaired) electrons. The first-order chi connectivity index (χ1) is 18.0. The highest BCUT2D eigenvalue weighted by molar-refractivity contribution is 5.95. The number of hydrogen-bond donors (Lipinski definition) is 0. The molecule has 1 fully saturated rings. The van der Waals surface area contributed by atoms with Crippen LogP contribution in [0.3, 0.4) is 0 Å². The number of piperazine rings is 1. The van der Waals surface area contributed by atoms with Crippen molar-refractivity contribution in [3.63, 3.8) is 0 Å². The first-order valence-corrected chi connectivity index (χ1v) is 12.4. The zero-order chi connectivity index (χ0) is 25.5. The molecule has 8 heteroatoms. The van der Waals surface area contributed by atoms with Gasteiger partial charge in [0.15, 0.2) is 11.5 Å². The van der Waals surface area contributed by atoms with E-state index in [0.29, 0.717) is 25.2 Å². The topological polar surface area (TPSA) is 75.9 Å². The Morgan fingerprint density at radius 1 is 0.946 bits per heavy atom. The van der Waals surface area contributed by atoms with Crippen molar-refractivity contribution < 1.29 is 9.53 Å². The fourth-order valence-electron chi connectivity index (χ4n) is 5.12. The molecule has 0 unspecified atom stereocenters. The summed E-state index contributed by atoms with van der Waals surface area (Å²) in [6, 6.07) is 23.5. The smallest absolute Gasteiger partial charge is 0.254 e. The zero-order valence-electron chi connectivity index (χ0n) is 21.1. The maximum Gasteiger partial charge on any atom is 0.254 e. The molecule has 0 saturated carbocycles. The zero-order valence-corrected chi connectivity index (χ0v) is 21.1. The molecule has 3 aromatic carbocycles. The van der Waals surface area contributed by atoms with E-state index in [4.69, 9.17) is 9.72 Å². The molecule has 186 valence electrons. The largest absolute Gasteiger partial charge is 0.497 e. The minimum absolute atomic E-state index is 0.00920. The van der Waals surface area contributed by atoms with Gasteiger partial charge in [0.25, 0.3) is 5.91 Å². The highest BCUT2D eigenvalue weighted by atomic mass is 16.5. The van der Waals surface area contributed by atoms with Gasteiger partial charge in [-0.15, -0.1) is 10.2 Å². The first-order valence-electron chi connectivity index (χ1n) is 12.4. The van der Waals surface area contributed by atoms with E-state index in [2.05, 4.69) is 45.5 Å². The summed E-state index contributed by atoms with van der Waals surface area (Å²) in [4.78, 5) is 22.6. The summed E-state index contributed by atoms with van der Waals surface area (Å²) < 4.78 is 7.30. The molecule has 1 amide bonds. The van der Waals surface area contributed by atoms with Crippen LogP contribution in [-0.2, 0) is 0 Å². The molecule has 0 bridgehead atoms. The maximum atomic E-state index is 13.3. The predicted molar refractivity (Wildman–Crippen MR) is 144 cm³/mol. The van der Waals surface area contributed by atoms with Gasteiger partial charge in [0.2, 0.25) is 5.95 Å². The van der Waals surface area contributed by atoms with Crippen LogP contribution in [0.1, 0.15) is 22.8 Å². The van der Waals surface area contributed by atoms with Crippen LogP contribution in [0.25, 0.3) is 27.9 Å². The average molecular weight is 493 g/mol. The van der Waals surface area contributed by atoms with Gasteiger partial charge in [-0.05, 0) is 55.8 Å². The maximum absolute atomic E-state index is 13.3. The summed E-state index contributed by atoms with van der Waals surface area (Å²) >= 11 is 0. The van der Waals surface area contributed by atoms with Gasteiger partial charge in [0, 0.05) is 42.2 Å². The van der Waals surface area contributed by atoms with Crippen molar-refractivity contribution in [2.75, 3.05) is 31.6 Å².